The van der Waals surface area contributed by atoms with Crippen LogP contribution >= 0.6 is 0 Å². The number of piperidine rings is 1. The van der Waals surface area contributed by atoms with Crippen molar-refractivity contribution in [2.24, 2.45) is 5.92 Å². The van der Waals surface area contributed by atoms with Crippen LogP contribution in [0.3, 0.4) is 0 Å². The smallest absolute Gasteiger partial charge is 0.0223 e. The molecule has 1 aliphatic heterocycles. The van der Waals surface area contributed by atoms with Crippen LogP contribution in [0.2, 0.25) is 0 Å². The lowest BCUT2D eigenvalue weighted by atomic mass is 9.96. The zero-order chi connectivity index (χ0) is 8.97. The summed E-state index contributed by atoms with van der Waals surface area (Å²) in [6, 6.07) is 0.781. The number of hydrogen-bond acceptors (Lipinski definition) is 2. The molecule has 0 aromatic heterocycles. The molecule has 0 radical (unpaired) electrons. The van der Waals surface area contributed by atoms with Crippen LogP contribution in [-0.2, 0) is 0 Å². The monoisotopic (exact) mass is 170 g/mol. The number of rotatable bonds is 3. The van der Waals surface area contributed by atoms with Gasteiger partial charge < -0.3 is 5.32 Å². The molecule has 0 aromatic rings. The molecule has 72 valence electrons. The van der Waals surface area contributed by atoms with Crippen molar-refractivity contribution in [3.8, 4) is 0 Å². The second-order valence-corrected chi connectivity index (χ2v) is 3.87. The maximum atomic E-state index is 3.49. The molecule has 2 atom stereocenters. The molecule has 1 N–H and O–H groups in total. The van der Waals surface area contributed by atoms with Gasteiger partial charge in [0.2, 0.25) is 0 Å². The topological polar surface area (TPSA) is 15.3 Å². The molecule has 1 heterocycles. The Hall–Kier alpha value is -0.0800. The summed E-state index contributed by atoms with van der Waals surface area (Å²) in [7, 11) is 0. The van der Waals surface area contributed by atoms with Gasteiger partial charge >= 0.3 is 0 Å². The van der Waals surface area contributed by atoms with Gasteiger partial charge in [-0.25, -0.2) is 0 Å². The molecule has 0 saturated carbocycles. The minimum absolute atomic E-state index is 0.781. The van der Waals surface area contributed by atoms with Crippen molar-refractivity contribution in [3.63, 3.8) is 0 Å². The van der Waals surface area contributed by atoms with Crippen LogP contribution in [0.1, 0.15) is 27.2 Å². The van der Waals surface area contributed by atoms with E-state index in [-0.39, 0.29) is 0 Å². The quantitative estimate of drug-likeness (QED) is 0.687. The van der Waals surface area contributed by atoms with Crippen molar-refractivity contribution in [2.45, 2.75) is 33.2 Å². The van der Waals surface area contributed by atoms with Gasteiger partial charge in [-0.05, 0) is 32.0 Å². The van der Waals surface area contributed by atoms with E-state index in [4.69, 9.17) is 0 Å². The molecular weight excluding hydrogens is 148 g/mol. The average Bonchev–Trinajstić information content (AvgIpc) is 2.07. The highest BCUT2D eigenvalue weighted by Gasteiger charge is 2.21. The van der Waals surface area contributed by atoms with Gasteiger partial charge in [0.1, 0.15) is 0 Å². The first kappa shape index (κ1) is 10.0. The van der Waals surface area contributed by atoms with Crippen LogP contribution in [-0.4, -0.2) is 37.1 Å². The van der Waals surface area contributed by atoms with Crippen LogP contribution < -0.4 is 5.32 Å². The Balaban J connectivity index is 2.38. The van der Waals surface area contributed by atoms with Crippen LogP contribution in [0.4, 0.5) is 0 Å². The largest absolute Gasteiger partial charge is 0.315 e. The zero-order valence-corrected chi connectivity index (χ0v) is 8.64. The van der Waals surface area contributed by atoms with Crippen molar-refractivity contribution < 1.29 is 0 Å². The molecule has 1 fully saturated rings. The van der Waals surface area contributed by atoms with E-state index in [2.05, 4.69) is 31.0 Å². The highest BCUT2D eigenvalue weighted by molar-refractivity contribution is 4.80. The van der Waals surface area contributed by atoms with E-state index in [9.17, 15) is 0 Å². The van der Waals surface area contributed by atoms with E-state index < -0.39 is 0 Å². The Kier molecular flexibility index (Phi) is 4.02. The minimum Gasteiger partial charge on any atom is -0.315 e. The Labute approximate surface area is 76.3 Å². The Morgan fingerprint density at radius 3 is 2.42 bits per heavy atom. The summed E-state index contributed by atoms with van der Waals surface area (Å²) in [5.74, 6) is 0.851. The maximum Gasteiger partial charge on any atom is 0.0223 e. The van der Waals surface area contributed by atoms with E-state index in [0.717, 1.165) is 12.0 Å². The fourth-order valence-corrected chi connectivity index (χ4v) is 2.15. The summed E-state index contributed by atoms with van der Waals surface area (Å²) in [6.45, 7) is 11.6. The Morgan fingerprint density at radius 2 is 1.92 bits per heavy atom. The summed E-state index contributed by atoms with van der Waals surface area (Å²) in [4.78, 5) is 2.56. The van der Waals surface area contributed by atoms with Crippen LogP contribution in [0.25, 0.3) is 0 Å². The maximum absolute atomic E-state index is 3.49. The van der Waals surface area contributed by atoms with Crippen LogP contribution in [0, 0.1) is 5.92 Å². The standard InChI is InChI=1S/C10H22N2/c1-4-12(5-2)10-6-9(3)7-11-8-10/h9-11H,4-8H2,1-3H3. The molecule has 0 spiro atoms. The lowest BCUT2D eigenvalue weighted by Gasteiger charge is -2.35. The third kappa shape index (κ3) is 2.46. The van der Waals surface area contributed by atoms with Gasteiger partial charge in [-0.15, -0.1) is 0 Å². The first-order chi connectivity index (χ1) is 5.77. The van der Waals surface area contributed by atoms with Crippen molar-refractivity contribution in [1.82, 2.24) is 10.2 Å². The summed E-state index contributed by atoms with van der Waals surface area (Å²) < 4.78 is 0. The van der Waals surface area contributed by atoms with Crippen LogP contribution in [0.5, 0.6) is 0 Å². The number of likely N-dealkylation sites (N-methyl/N-ethyl adjacent to an activating group) is 1. The predicted molar refractivity (Wildman–Crippen MR) is 53.4 cm³/mol. The molecule has 1 aliphatic rings. The molecule has 0 amide bonds. The van der Waals surface area contributed by atoms with E-state index in [0.29, 0.717) is 0 Å². The van der Waals surface area contributed by atoms with Crippen molar-refractivity contribution in [3.05, 3.63) is 0 Å². The lowest BCUT2D eigenvalue weighted by molar-refractivity contribution is 0.159. The lowest BCUT2D eigenvalue weighted by Crippen LogP contribution is -2.48. The first-order valence-corrected chi connectivity index (χ1v) is 5.22. The normalized spacial score (nSPS) is 31.0. The molecule has 0 aromatic carbocycles. The molecule has 2 unspecified atom stereocenters. The van der Waals surface area contributed by atoms with Gasteiger partial charge in [0, 0.05) is 12.6 Å². The van der Waals surface area contributed by atoms with Gasteiger partial charge in [0.05, 0.1) is 0 Å². The third-order valence-electron chi connectivity index (χ3n) is 2.88. The van der Waals surface area contributed by atoms with Crippen molar-refractivity contribution >= 4 is 0 Å². The highest BCUT2D eigenvalue weighted by atomic mass is 15.2. The second-order valence-electron chi connectivity index (χ2n) is 3.87. The summed E-state index contributed by atoms with van der Waals surface area (Å²) in [5, 5.41) is 3.49. The van der Waals surface area contributed by atoms with Gasteiger partial charge in [0.25, 0.3) is 0 Å². The van der Waals surface area contributed by atoms with Crippen molar-refractivity contribution in [2.75, 3.05) is 26.2 Å². The Morgan fingerprint density at radius 1 is 1.25 bits per heavy atom. The second kappa shape index (κ2) is 4.83. The molecule has 0 bridgehead atoms. The summed E-state index contributed by atoms with van der Waals surface area (Å²) >= 11 is 0. The van der Waals surface area contributed by atoms with Gasteiger partial charge in [-0.1, -0.05) is 20.8 Å². The van der Waals surface area contributed by atoms with Gasteiger partial charge in [-0.3, -0.25) is 4.90 Å². The third-order valence-corrected chi connectivity index (χ3v) is 2.88. The van der Waals surface area contributed by atoms with Gasteiger partial charge in [0.15, 0.2) is 0 Å². The van der Waals surface area contributed by atoms with Crippen molar-refractivity contribution in [1.29, 1.82) is 0 Å². The first-order valence-electron chi connectivity index (χ1n) is 5.22. The highest BCUT2D eigenvalue weighted by Crippen LogP contribution is 2.14. The van der Waals surface area contributed by atoms with Crippen LogP contribution in [0.15, 0.2) is 0 Å². The van der Waals surface area contributed by atoms with E-state index >= 15 is 0 Å². The molecule has 12 heavy (non-hydrogen) atoms. The fraction of sp³-hybridized carbons (Fsp3) is 1.00. The molecule has 1 saturated heterocycles. The minimum atomic E-state index is 0.781. The molecular formula is C10H22N2. The molecule has 1 rings (SSSR count). The number of hydrogen-bond donors (Lipinski definition) is 1. The predicted octanol–water partition coefficient (Wildman–Crippen LogP) is 1.33. The van der Waals surface area contributed by atoms with E-state index in [1.54, 1.807) is 0 Å². The van der Waals surface area contributed by atoms with Gasteiger partial charge in [-0.2, -0.15) is 0 Å². The number of nitrogens with one attached hydrogen (secondary N) is 1. The zero-order valence-electron chi connectivity index (χ0n) is 8.64. The Bertz CT molecular complexity index is 121. The fourth-order valence-electron chi connectivity index (χ4n) is 2.15. The SMILES string of the molecule is CCN(CC)C1CNCC(C)C1. The van der Waals surface area contributed by atoms with E-state index in [1.807, 2.05) is 0 Å². The summed E-state index contributed by atoms with van der Waals surface area (Å²) in [5.41, 5.74) is 0. The van der Waals surface area contributed by atoms with E-state index in [1.165, 1.54) is 32.6 Å². The molecule has 2 nitrogen and oxygen atoms in total. The number of nitrogens with zero attached hydrogens (tertiary/aromatic N) is 1. The average molecular weight is 170 g/mol. The summed E-state index contributed by atoms with van der Waals surface area (Å²) in [6.07, 6.45) is 1.37. The molecule has 2 heteroatoms. The molecule has 0 aliphatic carbocycles.